The topological polar surface area (TPSA) is 785 Å². The molecule has 682 valence electrons. The molecule has 117 heavy (non-hydrogen) atoms. The quantitative estimate of drug-likeness (QED) is 0.0306. The first-order valence-corrected chi connectivity index (χ1v) is 38.5. The summed E-state index contributed by atoms with van der Waals surface area (Å²) in [6.45, 7) is -2.83. The highest BCUT2D eigenvalue weighted by atomic mass is 16.8. The van der Waals surface area contributed by atoms with Crippen molar-refractivity contribution < 1.29 is 238 Å². The largest absolute Gasteiger partial charge is 0.477 e. The van der Waals surface area contributed by atoms with Gasteiger partial charge in [0.2, 0.25) is 0 Å². The van der Waals surface area contributed by atoms with Gasteiger partial charge < -0.3 is 239 Å². The number of nitrogens with two attached hydrogens (primary N) is 1. The van der Waals surface area contributed by atoms with Crippen LogP contribution < -0.4 is 5.73 Å². The molecule has 49 heteroatoms. The number of carboxylic acids is 1. The van der Waals surface area contributed by atoms with Crippen LogP contribution in [0.5, 0.6) is 0 Å². The number of hydrogen-bond donors (Lipinski definition) is 29. The molecule has 0 bridgehead atoms. The highest BCUT2D eigenvalue weighted by molar-refractivity contribution is 5.76. The van der Waals surface area contributed by atoms with Gasteiger partial charge >= 0.3 is 5.97 Å². The zero-order chi connectivity index (χ0) is 86.2. The zero-order valence-electron chi connectivity index (χ0n) is 63.9. The molecule has 0 saturated carbocycles. The maximum absolute atomic E-state index is 13.0. The predicted octanol–water partition coefficient (Wildman–Crippen LogP) is -17.5. The van der Waals surface area contributed by atoms with Crippen LogP contribution in [0.3, 0.4) is 0 Å². The summed E-state index contributed by atoms with van der Waals surface area (Å²) in [5.41, 5.74) is 6.00. The van der Waals surface area contributed by atoms with E-state index in [0.29, 0.717) is 0 Å². The van der Waals surface area contributed by atoms with Gasteiger partial charge in [-0.1, -0.05) is 27.7 Å². The van der Waals surface area contributed by atoms with E-state index in [1.54, 1.807) is 13.8 Å². The average Bonchev–Trinajstić information content (AvgIpc) is 0.756. The van der Waals surface area contributed by atoms with Crippen LogP contribution in [-0.4, -0.2) is 503 Å². The van der Waals surface area contributed by atoms with Gasteiger partial charge in [-0.05, 0) is 6.92 Å². The molecule has 0 aromatic heterocycles. The number of hydrogen-bond acceptors (Lipinski definition) is 48. The Hall–Kier alpha value is -2.41. The Balaban J connectivity index is 0.906. The van der Waals surface area contributed by atoms with E-state index >= 15 is 0 Å². The minimum Gasteiger partial charge on any atom is -0.477 e. The third kappa shape index (κ3) is 20.1. The monoisotopic (exact) mass is 1720 g/mol. The van der Waals surface area contributed by atoms with Crippen molar-refractivity contribution in [3.05, 3.63) is 0 Å². The summed E-state index contributed by atoms with van der Waals surface area (Å²) in [5.74, 6) is -9.78. The Morgan fingerprint density at radius 3 is 1.10 bits per heavy atom. The van der Waals surface area contributed by atoms with Gasteiger partial charge in [0.1, 0.15) is 189 Å². The van der Waals surface area contributed by atoms with E-state index in [1.165, 1.54) is 20.8 Å². The van der Waals surface area contributed by atoms with Crippen LogP contribution in [0, 0.1) is 23.7 Å². The Labute approximate surface area is 666 Å². The molecule has 0 aliphatic carbocycles. The minimum atomic E-state index is -3.15. The van der Waals surface area contributed by atoms with Crippen LogP contribution >= 0.6 is 0 Å². The first-order chi connectivity index (χ1) is 55.3. The first kappa shape index (κ1) is 96.8. The number of ether oxygens (including phenoxy) is 19. The van der Waals surface area contributed by atoms with Crippen LogP contribution in [0.25, 0.3) is 0 Å². The number of carbonyl (C=O) groups is 1. The predicted molar refractivity (Wildman–Crippen MR) is 365 cm³/mol. The summed E-state index contributed by atoms with van der Waals surface area (Å²) in [5, 5.41) is 310. The Morgan fingerprint density at radius 2 is 0.675 bits per heavy atom. The number of rotatable bonds is 31. The first-order valence-electron chi connectivity index (χ1n) is 38.5. The van der Waals surface area contributed by atoms with Crippen molar-refractivity contribution in [3.8, 4) is 0 Å². The number of carboxylic acid groups (broad SMARTS) is 1. The highest BCUT2D eigenvalue weighted by Crippen LogP contribution is 2.44. The molecule has 10 saturated heterocycles. The van der Waals surface area contributed by atoms with E-state index in [2.05, 4.69) is 0 Å². The van der Waals surface area contributed by atoms with Gasteiger partial charge in [-0.25, -0.2) is 4.79 Å². The smallest absolute Gasteiger partial charge is 0.364 e. The molecule has 10 aliphatic heterocycles. The van der Waals surface area contributed by atoms with Crippen molar-refractivity contribution >= 4 is 5.97 Å². The molecular formula is C68H117NO48. The molecule has 10 heterocycles. The Bertz CT molecular complexity index is 3020. The van der Waals surface area contributed by atoms with E-state index in [9.17, 15) is 148 Å². The van der Waals surface area contributed by atoms with Crippen molar-refractivity contribution in [2.24, 2.45) is 29.4 Å². The normalized spacial score (nSPS) is 52.1. The second-order valence-corrected chi connectivity index (χ2v) is 31.3. The molecule has 0 aromatic rings. The van der Waals surface area contributed by atoms with Gasteiger partial charge in [0, 0.05) is 30.1 Å². The molecule has 0 aromatic carbocycles. The van der Waals surface area contributed by atoms with E-state index in [-0.39, 0.29) is 0 Å². The van der Waals surface area contributed by atoms with E-state index in [4.69, 9.17) is 95.7 Å². The van der Waals surface area contributed by atoms with Crippen molar-refractivity contribution in [1.82, 2.24) is 0 Å². The molecule has 51 atom stereocenters. The zero-order valence-corrected chi connectivity index (χ0v) is 63.9. The van der Waals surface area contributed by atoms with Crippen molar-refractivity contribution in [2.75, 3.05) is 66.1 Å². The number of aliphatic hydroxyl groups excluding tert-OH is 27. The molecule has 30 N–H and O–H groups in total. The van der Waals surface area contributed by atoms with Gasteiger partial charge in [0.15, 0.2) is 50.3 Å². The lowest BCUT2D eigenvalue weighted by atomic mass is 9.88. The van der Waals surface area contributed by atoms with E-state index < -0.39 is 390 Å². The SMILES string of the molecule is CC1C(O)[C@H](O[C@@H]2OC(CO)[C@H](O)C(O[C@]3(C(=O)O)C[C@@H](O)[C@@H](N)C([C@H](O)[C@H](O)CO)O3)[C@@H]2O)[C@H](CO)O[C@H]1O[C@@H]1C(O)[C@H](O)C(CO)O[C@@H]1OCC1O[C@@H](O[C@@H]2C(CO)O[C@@H](O[C@@H]3C(CO)O[C@@H](C)[C@@H](C)C3O)[C@@H](C)C2O)[C@H](O)C(O[C@H]2O[C@H](CO)[C@@H](O)C(O)C2O[C@@H]2OC(CO)[C@@H](O[C@@H]3OC(CO)[C@H](O)C(O)[C@@H]3O)C(O)[C@@H]2C)[C@@H]1O. The summed E-state index contributed by atoms with van der Waals surface area (Å²) >= 11 is 0. The molecule has 10 rings (SSSR count). The second kappa shape index (κ2) is 41.4. The van der Waals surface area contributed by atoms with Gasteiger partial charge in [0.25, 0.3) is 5.79 Å². The summed E-state index contributed by atoms with van der Waals surface area (Å²) in [6.07, 6.45) is -86.6. The molecule has 0 spiro atoms. The fourth-order valence-corrected chi connectivity index (χ4v) is 16.0. The molecule has 0 amide bonds. The molecule has 49 nitrogen and oxygen atoms in total. The van der Waals surface area contributed by atoms with Gasteiger partial charge in [-0.3, -0.25) is 0 Å². The van der Waals surface area contributed by atoms with E-state index in [0.717, 1.165) is 0 Å². The van der Waals surface area contributed by atoms with Crippen LogP contribution in [0.1, 0.15) is 41.0 Å². The average molecular weight is 1720 g/mol. The molecule has 10 aliphatic rings. The lowest BCUT2D eigenvalue weighted by molar-refractivity contribution is -0.402. The van der Waals surface area contributed by atoms with Crippen molar-refractivity contribution in [2.45, 2.75) is 329 Å². The molecule has 10 fully saturated rings. The third-order valence-corrected chi connectivity index (χ3v) is 23.7. The summed E-state index contributed by atoms with van der Waals surface area (Å²) < 4.78 is 114. The van der Waals surface area contributed by atoms with Crippen LogP contribution in [-0.2, 0) is 94.8 Å². The summed E-state index contributed by atoms with van der Waals surface area (Å²) in [6, 6.07) is -1.64. The lowest BCUT2D eigenvalue weighted by Crippen LogP contribution is -2.70. The lowest BCUT2D eigenvalue weighted by Gasteiger charge is -2.51. The minimum absolute atomic E-state index is 0.554. The molecule has 0 radical (unpaired) electrons. The van der Waals surface area contributed by atoms with Crippen LogP contribution in [0.15, 0.2) is 0 Å². The maximum atomic E-state index is 13.0. The van der Waals surface area contributed by atoms with Gasteiger partial charge in [0.05, 0.1) is 109 Å². The summed E-state index contributed by atoms with van der Waals surface area (Å²) in [4.78, 5) is 13.0. The summed E-state index contributed by atoms with van der Waals surface area (Å²) in [7, 11) is 0. The fourth-order valence-electron chi connectivity index (χ4n) is 16.0. The van der Waals surface area contributed by atoms with Crippen molar-refractivity contribution in [3.63, 3.8) is 0 Å². The van der Waals surface area contributed by atoms with Crippen LogP contribution in [0.2, 0.25) is 0 Å². The Morgan fingerprint density at radius 1 is 0.350 bits per heavy atom. The highest BCUT2D eigenvalue weighted by Gasteiger charge is 2.63. The van der Waals surface area contributed by atoms with Gasteiger partial charge in [-0.15, -0.1) is 0 Å². The van der Waals surface area contributed by atoms with Crippen molar-refractivity contribution in [1.29, 1.82) is 0 Å². The maximum Gasteiger partial charge on any atom is 0.364 e. The number of aliphatic carboxylic acids is 1. The van der Waals surface area contributed by atoms with E-state index in [1.807, 2.05) is 0 Å². The second-order valence-electron chi connectivity index (χ2n) is 31.3. The van der Waals surface area contributed by atoms with Gasteiger partial charge in [-0.2, -0.15) is 0 Å². The third-order valence-electron chi connectivity index (χ3n) is 23.7. The molecule has 19 unspecified atom stereocenters. The fraction of sp³-hybridized carbons (Fsp3) is 0.985. The standard InChI is InChI=1S/C68H117NO48/c1-17-21(5)100-28(12-75)50(34(17)81)109-59-18(2)35(82)52(30(14-77)105-59)111-63-48(95)55(113-66-58(46(93)41(88)26(10-73)104-66)115-61-20(4)36(83)51(29(13-76)107-61)110-62-47(94)44(91)39(86)24(8-71)101-62)43(90)32(108-63)16-99-65-57(45(92)40(87)25(9-72)103-65)114-60-19(3)37(84)53(31(15-78)106-60)112-64-49(96)56(42(89)27(11-74)102-64)117-68(67(97)98)6-22(79)33(69)54(116-68)38(85)23(80)7-70/h17-66,70-96H,6-16,69H2,1-5H3,(H,97,98)/t17-,18+,19?,20+,21+,22-,23-,24?,25?,26-,27?,28?,29?,30?,31+,32?,33-,34?,35?,36?,37?,38-,39+,40-,41-,42+,43-,44?,45?,46?,47+,48-,49+,50-,51-,52-,53-,54?,55?,56?,57-,58?,59+,60+,61+,62+,63+,64+,65+,66-,68+/m1/s1. The number of aliphatic hydroxyl groups is 27. The van der Waals surface area contributed by atoms with Crippen LogP contribution in [0.4, 0.5) is 0 Å². The molecular weight excluding hydrogens is 1600 g/mol. The Kier molecular flexibility index (Phi) is 34.2.